The molecule has 184 valence electrons. The van der Waals surface area contributed by atoms with Crippen LogP contribution in [0.1, 0.15) is 38.2 Å². The third-order valence-electron chi connectivity index (χ3n) is 5.12. The Balaban J connectivity index is 2.34. The third kappa shape index (κ3) is 4.76. The van der Waals surface area contributed by atoms with E-state index in [0.717, 1.165) is 12.5 Å². The number of aryl methyl sites for hydroxylation is 1. The molecule has 1 N–H and O–H groups in total. The summed E-state index contributed by atoms with van der Waals surface area (Å²) in [7, 11) is -3.02. The molecule has 0 aliphatic heterocycles. The molecule has 0 unspecified atom stereocenters. The van der Waals surface area contributed by atoms with Crippen molar-refractivity contribution in [1.29, 1.82) is 0 Å². The Morgan fingerprint density at radius 3 is 2.41 bits per heavy atom. The number of amides is 1. The van der Waals surface area contributed by atoms with Gasteiger partial charge in [-0.05, 0) is 24.6 Å². The molecule has 1 amide bonds. The lowest BCUT2D eigenvalue weighted by atomic mass is 10.0. The Morgan fingerprint density at radius 1 is 1.21 bits per heavy atom. The zero-order valence-corrected chi connectivity index (χ0v) is 19.3. The number of benzene rings is 1. The summed E-state index contributed by atoms with van der Waals surface area (Å²) in [6, 6.07) is 2.80. The van der Waals surface area contributed by atoms with Crippen LogP contribution in [0.15, 0.2) is 34.0 Å². The molecule has 2 heterocycles. The van der Waals surface area contributed by atoms with Gasteiger partial charge in [-0.1, -0.05) is 19.8 Å². The van der Waals surface area contributed by atoms with Crippen LogP contribution in [-0.2, 0) is 28.0 Å². The van der Waals surface area contributed by atoms with E-state index in [2.05, 4.69) is 10.1 Å². The number of sulfonamides is 1. The molecule has 0 saturated carbocycles. The molecule has 0 atom stereocenters. The molecule has 0 saturated heterocycles. The molecule has 0 aliphatic carbocycles. The first-order valence-corrected chi connectivity index (χ1v) is 12.0. The van der Waals surface area contributed by atoms with Crippen LogP contribution in [0.5, 0.6) is 0 Å². The number of nitrogens with zero attached hydrogens (tertiary/aromatic N) is 4. The highest BCUT2D eigenvalue weighted by Gasteiger charge is 2.36. The molecule has 0 radical (unpaired) electrons. The largest absolute Gasteiger partial charge is 0.417 e. The molecule has 0 spiro atoms. The molecular weight excluding hydrogens is 479 g/mol. The molecule has 34 heavy (non-hydrogen) atoms. The first-order valence-electron chi connectivity index (χ1n) is 10.2. The van der Waals surface area contributed by atoms with Crippen LogP contribution in [0.4, 0.5) is 13.2 Å². The second-order valence-electron chi connectivity index (χ2n) is 7.69. The normalized spacial score (nSPS) is 12.3. The maximum absolute atomic E-state index is 13.8. The Morgan fingerprint density at radius 2 is 1.88 bits per heavy atom. The molecule has 2 aromatic heterocycles. The summed E-state index contributed by atoms with van der Waals surface area (Å²) >= 11 is 0. The maximum atomic E-state index is 13.8. The second kappa shape index (κ2) is 9.08. The highest BCUT2D eigenvalue weighted by Crippen LogP contribution is 2.38. The van der Waals surface area contributed by atoms with Crippen molar-refractivity contribution in [2.24, 2.45) is 7.05 Å². The van der Waals surface area contributed by atoms with E-state index in [1.165, 1.54) is 24.0 Å². The molecular formula is C20H22F3N5O5S. The minimum absolute atomic E-state index is 0.0296. The number of aromatic amines is 1. The van der Waals surface area contributed by atoms with Gasteiger partial charge in [0.2, 0.25) is 0 Å². The van der Waals surface area contributed by atoms with Gasteiger partial charge in [-0.25, -0.2) is 13.2 Å². The van der Waals surface area contributed by atoms with Crippen LogP contribution >= 0.6 is 0 Å². The highest BCUT2D eigenvalue weighted by atomic mass is 32.2. The van der Waals surface area contributed by atoms with Gasteiger partial charge >= 0.3 is 11.9 Å². The number of aromatic nitrogens is 4. The number of halogens is 3. The van der Waals surface area contributed by atoms with Crippen LogP contribution in [-0.4, -0.2) is 40.0 Å². The van der Waals surface area contributed by atoms with Crippen molar-refractivity contribution in [2.45, 2.75) is 38.8 Å². The number of alkyl halides is 3. The summed E-state index contributed by atoms with van der Waals surface area (Å²) in [6.45, 7) is 1.87. The predicted molar refractivity (Wildman–Crippen MR) is 118 cm³/mol. The average molecular weight is 501 g/mol. The van der Waals surface area contributed by atoms with Gasteiger partial charge in [0.15, 0.2) is 0 Å². The average Bonchev–Trinajstić information content (AvgIpc) is 3.14. The number of H-pyrrole nitrogens is 1. The van der Waals surface area contributed by atoms with Crippen molar-refractivity contribution in [3.8, 4) is 11.3 Å². The lowest BCUT2D eigenvalue weighted by Gasteiger charge is -2.21. The fourth-order valence-electron chi connectivity index (χ4n) is 3.57. The number of rotatable bonds is 7. The van der Waals surface area contributed by atoms with Crippen molar-refractivity contribution < 1.29 is 26.4 Å². The SMILES string of the molecule is CCCCCC(=O)N(n1c(=O)[nH]c2cc(C(F)(F)F)c(-c3ccnn3C)cc2c1=O)S(C)(=O)=O. The summed E-state index contributed by atoms with van der Waals surface area (Å²) < 4.78 is 67.4. The van der Waals surface area contributed by atoms with Gasteiger partial charge in [0.25, 0.3) is 21.5 Å². The lowest BCUT2D eigenvalue weighted by Crippen LogP contribution is -2.55. The molecule has 14 heteroatoms. The fourth-order valence-corrected chi connectivity index (χ4v) is 4.48. The first kappa shape index (κ1) is 25.2. The minimum atomic E-state index is -4.84. The fraction of sp³-hybridized carbons (Fsp3) is 0.400. The van der Waals surface area contributed by atoms with Crippen molar-refractivity contribution >= 4 is 26.8 Å². The van der Waals surface area contributed by atoms with E-state index in [0.29, 0.717) is 25.2 Å². The predicted octanol–water partition coefficient (Wildman–Crippen LogP) is 2.11. The number of fused-ring (bicyclic) bond motifs is 1. The van der Waals surface area contributed by atoms with Crippen LogP contribution in [0.25, 0.3) is 22.2 Å². The number of hydrogen-bond acceptors (Lipinski definition) is 6. The standard InChI is InChI=1S/C20H22F3N5O5S/c1-4-5-6-7-17(29)28(34(3,32)33)27-18(30)13-10-12(16-8-9-24-26(16)2)14(20(21,22)23)11-15(13)25-19(27)31/h8-11H,4-7H2,1-3H3,(H,25,31). The molecule has 0 fully saturated rings. The molecule has 10 nitrogen and oxygen atoms in total. The van der Waals surface area contributed by atoms with Gasteiger partial charge in [0.05, 0.1) is 28.4 Å². The van der Waals surface area contributed by atoms with Gasteiger partial charge in [-0.15, -0.1) is 9.09 Å². The van der Waals surface area contributed by atoms with Gasteiger partial charge in [0, 0.05) is 25.2 Å². The van der Waals surface area contributed by atoms with Crippen molar-refractivity contribution in [2.75, 3.05) is 10.7 Å². The van der Waals surface area contributed by atoms with Gasteiger partial charge in [-0.2, -0.15) is 18.3 Å². The number of carbonyl (C=O) groups excluding carboxylic acids is 1. The zero-order chi connectivity index (χ0) is 25.4. The summed E-state index contributed by atoms with van der Waals surface area (Å²) in [5, 5.41) is 3.43. The van der Waals surface area contributed by atoms with Gasteiger partial charge in [0.1, 0.15) is 0 Å². The zero-order valence-electron chi connectivity index (χ0n) is 18.5. The topological polar surface area (TPSA) is 127 Å². The number of hydrogen-bond donors (Lipinski definition) is 1. The van der Waals surface area contributed by atoms with E-state index in [9.17, 15) is 36.0 Å². The van der Waals surface area contributed by atoms with Gasteiger partial charge < -0.3 is 4.98 Å². The number of carbonyl (C=O) groups is 1. The Bertz CT molecular complexity index is 1470. The van der Waals surface area contributed by atoms with Crippen molar-refractivity contribution in [1.82, 2.24) is 19.4 Å². The Labute approximate surface area is 191 Å². The molecule has 3 rings (SSSR count). The smallest absolute Gasteiger partial charge is 0.305 e. The molecule has 0 bridgehead atoms. The van der Waals surface area contributed by atoms with Crippen LogP contribution in [0, 0.1) is 0 Å². The maximum Gasteiger partial charge on any atom is 0.417 e. The van der Waals surface area contributed by atoms with E-state index in [1.807, 2.05) is 6.92 Å². The minimum Gasteiger partial charge on any atom is -0.305 e. The molecule has 1 aromatic carbocycles. The highest BCUT2D eigenvalue weighted by molar-refractivity contribution is 7.92. The van der Waals surface area contributed by atoms with E-state index in [1.54, 1.807) is 0 Å². The lowest BCUT2D eigenvalue weighted by molar-refractivity contribution is -0.137. The summed E-state index contributed by atoms with van der Waals surface area (Å²) in [6.07, 6.45) is -1.51. The van der Waals surface area contributed by atoms with E-state index in [4.69, 9.17) is 0 Å². The van der Waals surface area contributed by atoms with E-state index >= 15 is 0 Å². The van der Waals surface area contributed by atoms with Gasteiger partial charge in [-0.3, -0.25) is 14.3 Å². The van der Waals surface area contributed by atoms with Crippen molar-refractivity contribution in [3.05, 3.63) is 50.8 Å². The number of nitrogens with one attached hydrogen (secondary N) is 1. The second-order valence-corrected chi connectivity index (χ2v) is 9.50. The summed E-state index contributed by atoms with van der Waals surface area (Å²) in [5.74, 6) is -1.01. The Hall–Kier alpha value is -3.42. The van der Waals surface area contributed by atoms with Crippen molar-refractivity contribution in [3.63, 3.8) is 0 Å². The Kier molecular flexibility index (Phi) is 6.73. The van der Waals surface area contributed by atoms with E-state index in [-0.39, 0.29) is 21.2 Å². The summed E-state index contributed by atoms with van der Waals surface area (Å²) in [5.41, 5.74) is -4.60. The van der Waals surface area contributed by atoms with E-state index < -0.39 is 55.4 Å². The first-order chi connectivity index (χ1) is 15.8. The van der Waals surface area contributed by atoms with Crippen LogP contribution in [0.2, 0.25) is 0 Å². The molecule has 0 aliphatic rings. The summed E-state index contributed by atoms with van der Waals surface area (Å²) in [4.78, 5) is 40.6. The molecule has 3 aromatic rings. The third-order valence-corrected chi connectivity index (χ3v) is 6.12. The monoisotopic (exact) mass is 501 g/mol. The van der Waals surface area contributed by atoms with Crippen LogP contribution in [0.3, 0.4) is 0 Å². The quantitative estimate of drug-likeness (QED) is 0.494. The van der Waals surface area contributed by atoms with Crippen LogP contribution < -0.4 is 15.7 Å². The number of unbranched alkanes of at least 4 members (excludes halogenated alkanes) is 2.